The Morgan fingerprint density at radius 3 is 2.50 bits per heavy atom. The van der Waals surface area contributed by atoms with Crippen LogP contribution in [0, 0.1) is 6.92 Å². The predicted molar refractivity (Wildman–Crippen MR) is 82.8 cm³/mol. The van der Waals surface area contributed by atoms with Crippen molar-refractivity contribution in [2.24, 2.45) is 0 Å². The topological polar surface area (TPSA) is 52.6 Å². The molecule has 1 aromatic carbocycles. The first-order valence-electron chi connectivity index (χ1n) is 7.32. The van der Waals surface area contributed by atoms with Crippen LogP contribution in [0.25, 0.3) is 0 Å². The Morgan fingerprint density at radius 2 is 1.95 bits per heavy atom. The number of nitrogens with zero attached hydrogens (tertiary/aromatic N) is 1. The molecule has 0 heterocycles. The van der Waals surface area contributed by atoms with Crippen LogP contribution in [0.4, 0.5) is 5.69 Å². The monoisotopic (exact) mass is 278 g/mol. The maximum atomic E-state index is 12.2. The molecular weight excluding hydrogens is 252 g/mol. The Bertz CT molecular complexity index is 417. The smallest absolute Gasteiger partial charge is 0.238 e. The van der Waals surface area contributed by atoms with Crippen molar-refractivity contribution in [3.8, 4) is 0 Å². The minimum Gasteiger partial charge on any atom is -0.395 e. The number of para-hydroxylation sites is 1. The van der Waals surface area contributed by atoms with Crippen molar-refractivity contribution in [3.63, 3.8) is 0 Å². The number of hydrogen-bond acceptors (Lipinski definition) is 3. The standard InChI is InChI=1S/C16H26N2O2/c1-4-14(5-2)18(10-11-19)12-16(20)17-15-9-7-6-8-13(15)3/h6-9,14,19H,4-5,10-12H2,1-3H3,(H,17,20). The van der Waals surface area contributed by atoms with Gasteiger partial charge in [0.1, 0.15) is 0 Å². The minimum absolute atomic E-state index is 0.0281. The van der Waals surface area contributed by atoms with Gasteiger partial charge in [-0.1, -0.05) is 32.0 Å². The molecule has 4 nitrogen and oxygen atoms in total. The van der Waals surface area contributed by atoms with Gasteiger partial charge in [0.25, 0.3) is 0 Å². The summed E-state index contributed by atoms with van der Waals surface area (Å²) in [6.45, 7) is 7.13. The number of anilines is 1. The molecule has 0 aromatic heterocycles. The van der Waals surface area contributed by atoms with Gasteiger partial charge in [-0.3, -0.25) is 9.69 Å². The maximum absolute atomic E-state index is 12.2. The largest absolute Gasteiger partial charge is 0.395 e. The van der Waals surface area contributed by atoms with Crippen LogP contribution in [0.15, 0.2) is 24.3 Å². The summed E-state index contributed by atoms with van der Waals surface area (Å²) in [6.07, 6.45) is 1.96. The number of nitrogens with one attached hydrogen (secondary N) is 1. The van der Waals surface area contributed by atoms with Gasteiger partial charge < -0.3 is 10.4 Å². The van der Waals surface area contributed by atoms with Gasteiger partial charge in [0.2, 0.25) is 5.91 Å². The quantitative estimate of drug-likeness (QED) is 0.768. The van der Waals surface area contributed by atoms with Crippen LogP contribution < -0.4 is 5.32 Å². The molecule has 0 atom stereocenters. The van der Waals surface area contributed by atoms with E-state index in [1.165, 1.54) is 0 Å². The van der Waals surface area contributed by atoms with Gasteiger partial charge in [0.05, 0.1) is 13.2 Å². The number of hydrogen-bond donors (Lipinski definition) is 2. The number of amides is 1. The summed E-state index contributed by atoms with van der Waals surface area (Å²) < 4.78 is 0. The lowest BCUT2D eigenvalue weighted by atomic mass is 10.1. The summed E-state index contributed by atoms with van der Waals surface area (Å²) >= 11 is 0. The first-order valence-corrected chi connectivity index (χ1v) is 7.32. The average Bonchev–Trinajstić information content (AvgIpc) is 2.43. The SMILES string of the molecule is CCC(CC)N(CCO)CC(=O)Nc1ccccc1C. The van der Waals surface area contributed by atoms with E-state index in [0.29, 0.717) is 19.1 Å². The summed E-state index contributed by atoms with van der Waals surface area (Å²) in [4.78, 5) is 14.2. The summed E-state index contributed by atoms with van der Waals surface area (Å²) in [5, 5.41) is 12.1. The molecule has 1 rings (SSSR count). The molecule has 20 heavy (non-hydrogen) atoms. The third-order valence-corrected chi connectivity index (χ3v) is 3.61. The van der Waals surface area contributed by atoms with Crippen molar-refractivity contribution < 1.29 is 9.90 Å². The summed E-state index contributed by atoms with van der Waals surface area (Å²) in [5.74, 6) is -0.0281. The lowest BCUT2D eigenvalue weighted by Gasteiger charge is -2.29. The van der Waals surface area contributed by atoms with Gasteiger partial charge in [0, 0.05) is 18.3 Å². The van der Waals surface area contributed by atoms with Crippen molar-refractivity contribution in [3.05, 3.63) is 29.8 Å². The van der Waals surface area contributed by atoms with Crippen molar-refractivity contribution in [2.45, 2.75) is 39.7 Å². The normalized spacial score (nSPS) is 11.1. The summed E-state index contributed by atoms with van der Waals surface area (Å²) in [5.41, 5.74) is 1.91. The number of aliphatic hydroxyl groups excluding tert-OH is 1. The van der Waals surface area contributed by atoms with Crippen molar-refractivity contribution in [1.82, 2.24) is 4.90 Å². The molecule has 0 aliphatic heterocycles. The van der Waals surface area contributed by atoms with Gasteiger partial charge in [-0.05, 0) is 31.4 Å². The average molecular weight is 278 g/mol. The molecular formula is C16H26N2O2. The lowest BCUT2D eigenvalue weighted by molar-refractivity contribution is -0.118. The molecule has 2 N–H and O–H groups in total. The van der Waals surface area contributed by atoms with Crippen LogP contribution in [-0.2, 0) is 4.79 Å². The van der Waals surface area contributed by atoms with Gasteiger partial charge in [0.15, 0.2) is 0 Å². The highest BCUT2D eigenvalue weighted by molar-refractivity contribution is 5.92. The second kappa shape index (κ2) is 8.72. The van der Waals surface area contributed by atoms with Gasteiger partial charge in [-0.2, -0.15) is 0 Å². The van der Waals surface area contributed by atoms with E-state index < -0.39 is 0 Å². The molecule has 0 spiro atoms. The number of carbonyl (C=O) groups excluding carboxylic acids is 1. The number of aryl methyl sites for hydroxylation is 1. The molecule has 112 valence electrons. The zero-order chi connectivity index (χ0) is 15.0. The van der Waals surface area contributed by atoms with Crippen LogP contribution >= 0.6 is 0 Å². The van der Waals surface area contributed by atoms with Gasteiger partial charge >= 0.3 is 0 Å². The van der Waals surface area contributed by atoms with E-state index in [4.69, 9.17) is 5.11 Å². The van der Waals surface area contributed by atoms with Gasteiger partial charge in [-0.15, -0.1) is 0 Å². The van der Waals surface area contributed by atoms with E-state index in [-0.39, 0.29) is 12.5 Å². The molecule has 4 heteroatoms. The Balaban J connectivity index is 2.64. The van der Waals surface area contributed by atoms with Crippen LogP contribution in [-0.4, -0.2) is 41.7 Å². The van der Waals surface area contributed by atoms with E-state index >= 15 is 0 Å². The fourth-order valence-electron chi connectivity index (χ4n) is 2.41. The van der Waals surface area contributed by atoms with Crippen molar-refractivity contribution in [1.29, 1.82) is 0 Å². The first kappa shape index (κ1) is 16.7. The van der Waals surface area contributed by atoms with E-state index in [9.17, 15) is 4.79 Å². The van der Waals surface area contributed by atoms with E-state index in [1.54, 1.807) is 0 Å². The van der Waals surface area contributed by atoms with Crippen LogP contribution in [0.5, 0.6) is 0 Å². The van der Waals surface area contributed by atoms with Crippen LogP contribution in [0.1, 0.15) is 32.3 Å². The second-order valence-corrected chi connectivity index (χ2v) is 5.03. The molecule has 0 fully saturated rings. The molecule has 0 saturated carbocycles. The summed E-state index contributed by atoms with van der Waals surface area (Å²) in [6, 6.07) is 8.08. The van der Waals surface area contributed by atoms with Crippen LogP contribution in [0.2, 0.25) is 0 Å². The van der Waals surface area contributed by atoms with E-state index in [1.807, 2.05) is 36.1 Å². The van der Waals surface area contributed by atoms with Gasteiger partial charge in [-0.25, -0.2) is 0 Å². The Labute approximate surface area is 121 Å². The maximum Gasteiger partial charge on any atom is 0.238 e. The zero-order valence-corrected chi connectivity index (χ0v) is 12.7. The minimum atomic E-state index is -0.0281. The molecule has 0 radical (unpaired) electrons. The molecule has 1 amide bonds. The number of carbonyl (C=O) groups is 1. The lowest BCUT2D eigenvalue weighted by Crippen LogP contribution is -2.42. The third kappa shape index (κ3) is 4.94. The molecule has 0 aliphatic rings. The van der Waals surface area contributed by atoms with Crippen molar-refractivity contribution >= 4 is 11.6 Å². The number of aliphatic hydroxyl groups is 1. The molecule has 0 unspecified atom stereocenters. The highest BCUT2D eigenvalue weighted by atomic mass is 16.3. The Morgan fingerprint density at radius 1 is 1.30 bits per heavy atom. The number of benzene rings is 1. The Kier molecular flexibility index (Phi) is 7.26. The predicted octanol–water partition coefficient (Wildman–Crippen LogP) is 2.42. The first-order chi connectivity index (χ1) is 9.62. The highest BCUT2D eigenvalue weighted by Crippen LogP contribution is 2.14. The van der Waals surface area contributed by atoms with Crippen LogP contribution in [0.3, 0.4) is 0 Å². The fourth-order valence-corrected chi connectivity index (χ4v) is 2.41. The molecule has 1 aromatic rings. The Hall–Kier alpha value is -1.39. The zero-order valence-electron chi connectivity index (χ0n) is 12.7. The number of rotatable bonds is 8. The third-order valence-electron chi connectivity index (χ3n) is 3.61. The highest BCUT2D eigenvalue weighted by Gasteiger charge is 2.18. The van der Waals surface area contributed by atoms with E-state index in [0.717, 1.165) is 24.1 Å². The van der Waals surface area contributed by atoms with Crippen molar-refractivity contribution in [2.75, 3.05) is 25.0 Å². The molecule has 0 bridgehead atoms. The molecule has 0 aliphatic carbocycles. The fraction of sp³-hybridized carbons (Fsp3) is 0.562. The molecule has 0 saturated heterocycles. The van der Waals surface area contributed by atoms with E-state index in [2.05, 4.69) is 19.2 Å². The summed E-state index contributed by atoms with van der Waals surface area (Å²) in [7, 11) is 0. The second-order valence-electron chi connectivity index (χ2n) is 5.03.